The molecule has 0 aromatic heterocycles. The normalized spacial score (nSPS) is 13.9. The second-order valence-corrected chi connectivity index (χ2v) is 5.16. The van der Waals surface area contributed by atoms with Crippen molar-refractivity contribution in [3.8, 4) is 5.75 Å². The monoisotopic (exact) mass is 260 g/mol. The number of carbonyl (C=O) groups excluding carboxylic acids is 1. The van der Waals surface area contributed by atoms with E-state index in [9.17, 15) is 9.90 Å². The standard InChI is InChI=1S/C18H12O2/c19-14-6-5-11-8-16-15-4-2-1-3-12(15)10-18(20)17(16)9-13(11)7-14/h1-5,7-10,20H,6H2. The van der Waals surface area contributed by atoms with Crippen molar-refractivity contribution >= 4 is 39.5 Å². The highest BCUT2D eigenvalue weighted by molar-refractivity contribution is 6.12. The first-order chi connectivity index (χ1) is 9.72. The van der Waals surface area contributed by atoms with Gasteiger partial charge in [-0.2, -0.15) is 0 Å². The Balaban J connectivity index is 2.27. The SMILES string of the molecule is O=C1C=c2cc3c(O)cc4ccccc4c3cc2=CC1. The van der Waals surface area contributed by atoms with Crippen molar-refractivity contribution in [2.24, 2.45) is 0 Å². The Hall–Kier alpha value is -2.61. The maximum atomic E-state index is 11.5. The summed E-state index contributed by atoms with van der Waals surface area (Å²) >= 11 is 0. The fraction of sp³-hybridized carbons (Fsp3) is 0.0556. The smallest absolute Gasteiger partial charge is 0.160 e. The predicted molar refractivity (Wildman–Crippen MR) is 80.9 cm³/mol. The summed E-state index contributed by atoms with van der Waals surface area (Å²) in [4.78, 5) is 11.5. The van der Waals surface area contributed by atoms with Crippen molar-refractivity contribution in [1.29, 1.82) is 0 Å². The Morgan fingerprint density at radius 2 is 1.70 bits per heavy atom. The van der Waals surface area contributed by atoms with Gasteiger partial charge in [-0.3, -0.25) is 4.79 Å². The van der Waals surface area contributed by atoms with Crippen molar-refractivity contribution in [1.82, 2.24) is 0 Å². The fourth-order valence-corrected chi connectivity index (χ4v) is 2.91. The summed E-state index contributed by atoms with van der Waals surface area (Å²) in [6.45, 7) is 0. The first-order valence-corrected chi connectivity index (χ1v) is 6.61. The molecule has 0 bridgehead atoms. The molecule has 2 nitrogen and oxygen atoms in total. The average molecular weight is 260 g/mol. The number of phenolic OH excluding ortho intramolecular Hbond substituents is 1. The van der Waals surface area contributed by atoms with Crippen LogP contribution in [0.5, 0.6) is 5.75 Å². The molecule has 0 saturated heterocycles. The molecule has 2 heteroatoms. The van der Waals surface area contributed by atoms with E-state index in [1.807, 2.05) is 30.3 Å². The lowest BCUT2D eigenvalue weighted by atomic mass is 9.97. The molecule has 3 aromatic carbocycles. The van der Waals surface area contributed by atoms with Crippen molar-refractivity contribution in [2.75, 3.05) is 0 Å². The number of fused-ring (bicyclic) bond motifs is 4. The zero-order valence-electron chi connectivity index (χ0n) is 10.8. The molecule has 0 amide bonds. The molecule has 0 heterocycles. The molecule has 0 atom stereocenters. The lowest BCUT2D eigenvalue weighted by Gasteiger charge is -2.08. The molecular weight excluding hydrogens is 248 g/mol. The summed E-state index contributed by atoms with van der Waals surface area (Å²) in [5.41, 5.74) is 0. The van der Waals surface area contributed by atoms with Gasteiger partial charge in [0.25, 0.3) is 0 Å². The van der Waals surface area contributed by atoms with Gasteiger partial charge < -0.3 is 5.11 Å². The molecule has 1 N–H and O–H groups in total. The summed E-state index contributed by atoms with van der Waals surface area (Å²) in [6, 6.07) is 13.8. The van der Waals surface area contributed by atoms with Gasteiger partial charge in [0.1, 0.15) is 5.75 Å². The molecule has 0 radical (unpaired) electrons. The van der Waals surface area contributed by atoms with Crippen molar-refractivity contribution in [2.45, 2.75) is 6.42 Å². The van der Waals surface area contributed by atoms with Gasteiger partial charge in [0.05, 0.1) is 0 Å². The Morgan fingerprint density at radius 1 is 0.900 bits per heavy atom. The number of ketones is 1. The first-order valence-electron chi connectivity index (χ1n) is 6.61. The molecule has 4 rings (SSSR count). The number of benzene rings is 3. The summed E-state index contributed by atoms with van der Waals surface area (Å²) in [5.74, 6) is 0.366. The maximum absolute atomic E-state index is 11.5. The third kappa shape index (κ3) is 1.55. The molecule has 20 heavy (non-hydrogen) atoms. The van der Waals surface area contributed by atoms with Crippen molar-refractivity contribution in [3.63, 3.8) is 0 Å². The lowest BCUT2D eigenvalue weighted by molar-refractivity contribution is -0.112. The van der Waals surface area contributed by atoms with Crippen molar-refractivity contribution < 1.29 is 9.90 Å². The topological polar surface area (TPSA) is 37.3 Å². The van der Waals surface area contributed by atoms with Crippen LogP contribution >= 0.6 is 0 Å². The van der Waals surface area contributed by atoms with Gasteiger partial charge in [-0.05, 0) is 50.9 Å². The van der Waals surface area contributed by atoms with Crippen LogP contribution in [0.15, 0.2) is 42.5 Å². The maximum Gasteiger partial charge on any atom is 0.160 e. The van der Waals surface area contributed by atoms with Crippen LogP contribution < -0.4 is 10.4 Å². The van der Waals surface area contributed by atoms with Gasteiger partial charge in [0.2, 0.25) is 0 Å². The number of aromatic hydroxyl groups is 1. The van der Waals surface area contributed by atoms with Crippen molar-refractivity contribution in [3.05, 3.63) is 52.9 Å². The largest absolute Gasteiger partial charge is 0.507 e. The van der Waals surface area contributed by atoms with Gasteiger partial charge in [-0.25, -0.2) is 0 Å². The molecule has 1 aliphatic carbocycles. The number of hydrogen-bond acceptors (Lipinski definition) is 2. The number of carbonyl (C=O) groups is 1. The second kappa shape index (κ2) is 3.94. The first kappa shape index (κ1) is 11.2. The van der Waals surface area contributed by atoms with Gasteiger partial charge >= 0.3 is 0 Å². The lowest BCUT2D eigenvalue weighted by Crippen LogP contribution is -2.28. The summed E-state index contributed by atoms with van der Waals surface area (Å²) in [7, 11) is 0. The van der Waals surface area contributed by atoms with E-state index in [0.29, 0.717) is 6.42 Å². The molecule has 1 aliphatic rings. The van der Waals surface area contributed by atoms with E-state index in [4.69, 9.17) is 0 Å². The Morgan fingerprint density at radius 3 is 2.60 bits per heavy atom. The second-order valence-electron chi connectivity index (χ2n) is 5.16. The van der Waals surface area contributed by atoms with Crippen LogP contribution in [0.4, 0.5) is 0 Å². The molecule has 0 fully saturated rings. The third-order valence-electron chi connectivity index (χ3n) is 3.88. The van der Waals surface area contributed by atoms with E-state index in [2.05, 4.69) is 12.1 Å². The number of phenols is 1. The Labute approximate surface area is 115 Å². The summed E-state index contributed by atoms with van der Waals surface area (Å²) in [6.07, 6.45) is 4.06. The fourth-order valence-electron chi connectivity index (χ4n) is 2.91. The van der Waals surface area contributed by atoms with E-state index in [-0.39, 0.29) is 11.5 Å². The predicted octanol–water partition coefficient (Wildman–Crippen LogP) is 2.23. The minimum Gasteiger partial charge on any atom is -0.507 e. The number of rotatable bonds is 0. The summed E-state index contributed by atoms with van der Waals surface area (Å²) in [5, 5.41) is 16.1. The van der Waals surface area contributed by atoms with E-state index in [0.717, 1.165) is 32.0 Å². The van der Waals surface area contributed by atoms with Gasteiger partial charge in [-0.15, -0.1) is 0 Å². The van der Waals surface area contributed by atoms with Gasteiger partial charge in [-0.1, -0.05) is 30.3 Å². The van der Waals surface area contributed by atoms with Crippen LogP contribution in [0.1, 0.15) is 6.42 Å². The Kier molecular flexibility index (Phi) is 2.21. The van der Waals surface area contributed by atoms with Crippen LogP contribution in [0.25, 0.3) is 33.7 Å². The van der Waals surface area contributed by atoms with E-state index in [1.54, 1.807) is 12.1 Å². The van der Waals surface area contributed by atoms with Crippen LogP contribution in [0, 0.1) is 0 Å². The highest BCUT2D eigenvalue weighted by Gasteiger charge is 2.08. The molecule has 96 valence electrons. The highest BCUT2D eigenvalue weighted by Crippen LogP contribution is 2.31. The quantitative estimate of drug-likeness (QED) is 0.629. The Bertz CT molecular complexity index is 997. The highest BCUT2D eigenvalue weighted by atomic mass is 16.3. The minimum absolute atomic E-state index is 0.108. The van der Waals surface area contributed by atoms with Crippen LogP contribution in [-0.2, 0) is 4.79 Å². The van der Waals surface area contributed by atoms with E-state index >= 15 is 0 Å². The molecule has 0 spiro atoms. The van der Waals surface area contributed by atoms with Gasteiger partial charge in [0, 0.05) is 11.8 Å². The molecule has 0 aliphatic heterocycles. The number of hydrogen-bond donors (Lipinski definition) is 1. The average Bonchev–Trinajstić information content (AvgIpc) is 2.46. The summed E-state index contributed by atoms with van der Waals surface area (Å²) < 4.78 is 0. The zero-order valence-corrected chi connectivity index (χ0v) is 10.8. The molecule has 3 aromatic rings. The van der Waals surface area contributed by atoms with Gasteiger partial charge in [0.15, 0.2) is 5.78 Å². The van der Waals surface area contributed by atoms with E-state index < -0.39 is 0 Å². The van der Waals surface area contributed by atoms with E-state index in [1.165, 1.54) is 0 Å². The van der Waals surface area contributed by atoms with Crippen LogP contribution in [0.2, 0.25) is 0 Å². The number of Topliss-reactive ketones (excluding diaryl/α,β-unsaturated/α-hetero) is 1. The molecule has 0 saturated carbocycles. The zero-order chi connectivity index (χ0) is 13.7. The third-order valence-corrected chi connectivity index (χ3v) is 3.88. The molecular formula is C18H12O2. The van der Waals surface area contributed by atoms with Crippen LogP contribution in [0.3, 0.4) is 0 Å². The minimum atomic E-state index is 0.108. The van der Waals surface area contributed by atoms with Crippen LogP contribution in [-0.4, -0.2) is 10.9 Å². The molecule has 0 unspecified atom stereocenters.